The van der Waals surface area contributed by atoms with Crippen molar-refractivity contribution >= 4 is 17.4 Å². The van der Waals surface area contributed by atoms with Crippen molar-refractivity contribution in [2.24, 2.45) is 0 Å². The maximum atomic E-state index is 12.0. The number of carbonyl (C=O) groups excluding carboxylic acids is 1. The molecule has 42 heavy (non-hydrogen) atoms. The molecule has 1 aromatic heterocycles. The molecule has 0 spiro atoms. The molecular formula is C34H37N3O5. The number of benzene rings is 3. The van der Waals surface area contributed by atoms with E-state index in [-0.39, 0.29) is 17.8 Å². The molecule has 1 aliphatic heterocycles. The van der Waals surface area contributed by atoms with E-state index in [0.717, 1.165) is 22.3 Å². The van der Waals surface area contributed by atoms with E-state index >= 15 is 0 Å². The number of amides is 1. The summed E-state index contributed by atoms with van der Waals surface area (Å²) in [6, 6.07) is 31.9. The monoisotopic (exact) mass is 567 g/mol. The lowest BCUT2D eigenvalue weighted by Gasteiger charge is -2.26. The van der Waals surface area contributed by atoms with Gasteiger partial charge in [0.1, 0.15) is 24.1 Å². The van der Waals surface area contributed by atoms with Crippen molar-refractivity contribution in [3.8, 4) is 0 Å². The lowest BCUT2D eigenvalue weighted by atomic mass is 10.00. The summed E-state index contributed by atoms with van der Waals surface area (Å²) in [5, 5.41) is 2.83. The predicted molar refractivity (Wildman–Crippen MR) is 161 cm³/mol. The third kappa shape index (κ3) is 8.02. The van der Waals surface area contributed by atoms with Gasteiger partial charge in [0.15, 0.2) is 0 Å². The Hall–Kier alpha value is -4.08. The number of nitrogens with two attached hydrogens (primary N) is 1. The number of aromatic nitrogens is 1. The van der Waals surface area contributed by atoms with Crippen LogP contribution < -0.4 is 11.1 Å². The molecule has 1 fully saturated rings. The van der Waals surface area contributed by atoms with E-state index < -0.39 is 18.3 Å². The fourth-order valence-corrected chi connectivity index (χ4v) is 5.13. The molecule has 0 aliphatic carbocycles. The highest BCUT2D eigenvalue weighted by Crippen LogP contribution is 2.33. The number of rotatable bonds is 13. The molecule has 8 nitrogen and oxygen atoms in total. The minimum absolute atomic E-state index is 0.226. The molecule has 0 saturated carbocycles. The minimum Gasteiger partial charge on any atom is -0.382 e. The number of hydrogen-bond donors (Lipinski definition) is 2. The van der Waals surface area contributed by atoms with Gasteiger partial charge in [0.2, 0.25) is 5.91 Å². The fraction of sp³-hybridized carbons (Fsp3) is 0.294. The molecule has 1 amide bonds. The zero-order valence-electron chi connectivity index (χ0n) is 23.7. The molecule has 218 valence electrons. The summed E-state index contributed by atoms with van der Waals surface area (Å²) in [6.45, 7) is 3.03. The molecule has 0 bridgehead atoms. The van der Waals surface area contributed by atoms with Gasteiger partial charge in [-0.2, -0.15) is 0 Å². The zero-order valence-corrected chi connectivity index (χ0v) is 23.7. The average molecular weight is 568 g/mol. The van der Waals surface area contributed by atoms with Gasteiger partial charge in [-0.15, -0.1) is 0 Å². The Morgan fingerprint density at radius 2 is 1.31 bits per heavy atom. The molecule has 0 radical (unpaired) electrons. The molecule has 4 aromatic rings. The molecule has 8 heteroatoms. The van der Waals surface area contributed by atoms with Gasteiger partial charge in [-0.1, -0.05) is 91.0 Å². The summed E-state index contributed by atoms with van der Waals surface area (Å²) >= 11 is 0. The summed E-state index contributed by atoms with van der Waals surface area (Å²) in [7, 11) is 0. The molecule has 5 rings (SSSR count). The first-order chi connectivity index (χ1) is 20.6. The van der Waals surface area contributed by atoms with Crippen LogP contribution in [0, 0.1) is 0 Å². The molecule has 1 aliphatic rings. The van der Waals surface area contributed by atoms with Crippen LogP contribution in [0.5, 0.6) is 0 Å². The Morgan fingerprint density at radius 1 is 0.786 bits per heavy atom. The predicted octanol–water partition coefficient (Wildman–Crippen LogP) is 5.32. The molecule has 3 aromatic carbocycles. The summed E-state index contributed by atoms with van der Waals surface area (Å²) in [5.74, 6) is 0.0264. The summed E-state index contributed by atoms with van der Waals surface area (Å²) in [4.78, 5) is 16.1. The number of nitrogen functional groups attached to an aromatic ring is 1. The summed E-state index contributed by atoms with van der Waals surface area (Å²) in [6.07, 6.45) is 0.467. The lowest BCUT2D eigenvalue weighted by Crippen LogP contribution is -2.39. The standard InChI is InChI=1S/C34H37N3O5/c1-24(38)37-31-28(17-18-36-34(31)35)19-29-32(40-21-26-13-7-3-8-14-26)33(41-22-27-15-9-4-10-16-27)30(42-29)23-39-20-25-11-5-2-6-12-25/h2-18,29-30,32-33H,19-23H2,1H3,(H2,35,36)(H,37,38)/t29-,30+,32-,33+/m0/s1. The molecule has 2 heterocycles. The van der Waals surface area contributed by atoms with Gasteiger partial charge < -0.3 is 30.0 Å². The normalized spacial score (nSPS) is 19.9. The quantitative estimate of drug-likeness (QED) is 0.225. The molecule has 4 atom stereocenters. The Morgan fingerprint density at radius 3 is 1.86 bits per heavy atom. The number of nitrogens with zero attached hydrogens (tertiary/aromatic N) is 1. The van der Waals surface area contributed by atoms with Crippen molar-refractivity contribution in [3.05, 3.63) is 126 Å². The third-order valence-corrected chi connectivity index (χ3v) is 7.16. The van der Waals surface area contributed by atoms with Crippen molar-refractivity contribution in [1.29, 1.82) is 0 Å². The van der Waals surface area contributed by atoms with Crippen LogP contribution in [0.4, 0.5) is 11.5 Å². The van der Waals surface area contributed by atoms with Crippen molar-refractivity contribution in [2.45, 2.75) is 57.6 Å². The number of pyridine rings is 1. The van der Waals surface area contributed by atoms with Gasteiger partial charge in [0, 0.05) is 19.5 Å². The van der Waals surface area contributed by atoms with Crippen molar-refractivity contribution in [3.63, 3.8) is 0 Å². The van der Waals surface area contributed by atoms with E-state index in [1.807, 2.05) is 97.1 Å². The van der Waals surface area contributed by atoms with Crippen molar-refractivity contribution in [1.82, 2.24) is 4.98 Å². The second-order valence-corrected chi connectivity index (χ2v) is 10.4. The molecular weight excluding hydrogens is 530 g/mol. The van der Waals surface area contributed by atoms with E-state index in [0.29, 0.717) is 38.5 Å². The SMILES string of the molecule is CC(=O)Nc1c(C[C@@H]2O[C@H](COCc3ccccc3)[C@@H](OCc3ccccc3)[C@H]2OCc2ccccc2)ccnc1N. The van der Waals surface area contributed by atoms with Crippen LogP contribution in [-0.4, -0.2) is 41.9 Å². The van der Waals surface area contributed by atoms with Gasteiger partial charge in [0.05, 0.1) is 38.2 Å². The van der Waals surface area contributed by atoms with E-state index in [9.17, 15) is 4.79 Å². The minimum atomic E-state index is -0.418. The summed E-state index contributed by atoms with van der Waals surface area (Å²) in [5.41, 5.74) is 10.6. The van der Waals surface area contributed by atoms with Crippen LogP contribution in [0.25, 0.3) is 0 Å². The maximum Gasteiger partial charge on any atom is 0.221 e. The second-order valence-electron chi connectivity index (χ2n) is 10.4. The largest absolute Gasteiger partial charge is 0.382 e. The van der Waals surface area contributed by atoms with Crippen molar-refractivity contribution in [2.75, 3.05) is 17.7 Å². The number of nitrogens with one attached hydrogen (secondary N) is 1. The van der Waals surface area contributed by atoms with E-state index in [1.165, 1.54) is 6.92 Å². The number of hydrogen-bond acceptors (Lipinski definition) is 7. The Kier molecular flexibility index (Phi) is 10.3. The van der Waals surface area contributed by atoms with Gasteiger partial charge in [-0.3, -0.25) is 4.79 Å². The van der Waals surface area contributed by atoms with Crippen LogP contribution in [0.2, 0.25) is 0 Å². The Labute approximate surface area is 246 Å². The topological polar surface area (TPSA) is 105 Å². The fourth-order valence-electron chi connectivity index (χ4n) is 5.13. The van der Waals surface area contributed by atoms with Gasteiger partial charge in [-0.05, 0) is 28.3 Å². The first-order valence-electron chi connectivity index (χ1n) is 14.2. The van der Waals surface area contributed by atoms with Crippen molar-refractivity contribution < 1.29 is 23.7 Å². The van der Waals surface area contributed by atoms with Crippen LogP contribution in [-0.2, 0) is 50.0 Å². The first kappa shape index (κ1) is 29.4. The summed E-state index contributed by atoms with van der Waals surface area (Å²) < 4.78 is 25.9. The average Bonchev–Trinajstić information content (AvgIpc) is 3.33. The van der Waals surface area contributed by atoms with Gasteiger partial charge in [0.25, 0.3) is 0 Å². The lowest BCUT2D eigenvalue weighted by molar-refractivity contribution is -0.114. The Bertz CT molecular complexity index is 1400. The molecule has 1 saturated heterocycles. The number of ether oxygens (including phenoxy) is 4. The highest BCUT2D eigenvalue weighted by Gasteiger charge is 2.46. The first-order valence-corrected chi connectivity index (χ1v) is 14.2. The van der Waals surface area contributed by atoms with Crippen LogP contribution >= 0.6 is 0 Å². The Balaban J connectivity index is 1.40. The van der Waals surface area contributed by atoms with Crippen LogP contribution in [0.1, 0.15) is 29.2 Å². The zero-order chi connectivity index (χ0) is 29.1. The van der Waals surface area contributed by atoms with E-state index in [1.54, 1.807) is 6.20 Å². The highest BCUT2D eigenvalue weighted by molar-refractivity contribution is 5.92. The number of anilines is 2. The highest BCUT2D eigenvalue weighted by atomic mass is 16.6. The van der Waals surface area contributed by atoms with Crippen LogP contribution in [0.15, 0.2) is 103 Å². The van der Waals surface area contributed by atoms with Gasteiger partial charge >= 0.3 is 0 Å². The van der Waals surface area contributed by atoms with E-state index in [2.05, 4.69) is 10.3 Å². The van der Waals surface area contributed by atoms with Crippen LogP contribution in [0.3, 0.4) is 0 Å². The number of carbonyl (C=O) groups is 1. The smallest absolute Gasteiger partial charge is 0.221 e. The second kappa shape index (κ2) is 14.7. The van der Waals surface area contributed by atoms with Gasteiger partial charge in [-0.25, -0.2) is 4.98 Å². The molecule has 3 N–H and O–H groups in total. The molecule has 0 unspecified atom stereocenters. The van der Waals surface area contributed by atoms with E-state index in [4.69, 9.17) is 24.7 Å². The maximum absolute atomic E-state index is 12.0. The third-order valence-electron chi connectivity index (χ3n) is 7.16.